The number of amides is 1. The predicted molar refractivity (Wildman–Crippen MR) is 127 cm³/mol. The molecule has 1 N–H and O–H groups in total. The number of benzene rings is 1. The molecule has 2 aromatic heterocycles. The molecule has 1 aliphatic heterocycles. The highest BCUT2D eigenvalue weighted by Gasteiger charge is 2.21. The molecule has 6 nitrogen and oxygen atoms in total. The van der Waals surface area contributed by atoms with Crippen molar-refractivity contribution in [3.05, 3.63) is 50.1 Å². The van der Waals surface area contributed by atoms with Crippen molar-refractivity contribution in [3.63, 3.8) is 0 Å². The number of hydrogen-bond donors (Lipinski definition) is 1. The highest BCUT2D eigenvalue weighted by molar-refractivity contribution is 7.99. The lowest BCUT2D eigenvalue weighted by molar-refractivity contribution is -0.119. The van der Waals surface area contributed by atoms with E-state index >= 15 is 0 Å². The molecule has 8 heteroatoms. The van der Waals surface area contributed by atoms with Crippen molar-refractivity contribution in [2.75, 3.05) is 18.9 Å². The van der Waals surface area contributed by atoms with E-state index in [1.807, 2.05) is 45.9 Å². The maximum Gasteiger partial charge on any atom is 0.267 e. The predicted octanol–water partition coefficient (Wildman–Crippen LogP) is 4.07. The van der Waals surface area contributed by atoms with Gasteiger partial charge in [0.2, 0.25) is 5.91 Å². The summed E-state index contributed by atoms with van der Waals surface area (Å²) in [5.41, 5.74) is 3.76. The summed E-state index contributed by atoms with van der Waals surface area (Å²) >= 11 is 2.82. The van der Waals surface area contributed by atoms with Gasteiger partial charge in [0.25, 0.3) is 5.56 Å². The Hall–Kier alpha value is -2.16. The van der Waals surface area contributed by atoms with Gasteiger partial charge in [-0.1, -0.05) is 23.9 Å². The number of nitrogens with one attached hydrogen (secondary N) is 1. The van der Waals surface area contributed by atoms with Crippen LogP contribution in [0.5, 0.6) is 0 Å². The third-order valence-corrected chi connectivity index (χ3v) is 7.70. The summed E-state index contributed by atoms with van der Waals surface area (Å²) in [7, 11) is 0. The zero-order valence-electron chi connectivity index (χ0n) is 18.3. The van der Waals surface area contributed by atoms with Crippen LogP contribution < -0.4 is 10.9 Å². The van der Waals surface area contributed by atoms with E-state index in [0.717, 1.165) is 51.5 Å². The van der Waals surface area contributed by atoms with E-state index in [0.29, 0.717) is 17.1 Å². The molecule has 1 amide bonds. The lowest BCUT2D eigenvalue weighted by Gasteiger charge is -2.15. The fraction of sp³-hybridized carbons (Fsp3) is 0.435. The Bertz CT molecular complexity index is 1190. The van der Waals surface area contributed by atoms with Gasteiger partial charge in [0.1, 0.15) is 4.83 Å². The van der Waals surface area contributed by atoms with Gasteiger partial charge in [0.15, 0.2) is 5.16 Å². The summed E-state index contributed by atoms with van der Waals surface area (Å²) in [4.78, 5) is 32.7. The van der Waals surface area contributed by atoms with Crippen LogP contribution in [0.4, 0.5) is 0 Å². The molecule has 1 aliphatic rings. The maximum atomic E-state index is 13.6. The SMILES string of the molecule is Cc1ccc(C)c(-n2c(SCC(=O)NC[C@@H]3CCCO3)nc3sc(C)c(C)c3c2=O)c1. The van der Waals surface area contributed by atoms with Crippen LogP contribution in [-0.4, -0.2) is 40.5 Å². The van der Waals surface area contributed by atoms with Crippen LogP contribution in [0.15, 0.2) is 28.2 Å². The van der Waals surface area contributed by atoms with Gasteiger partial charge in [-0.05, 0) is 63.3 Å². The number of hydrogen-bond acceptors (Lipinski definition) is 6. The van der Waals surface area contributed by atoms with Gasteiger partial charge < -0.3 is 10.1 Å². The quantitative estimate of drug-likeness (QED) is 0.446. The zero-order valence-corrected chi connectivity index (χ0v) is 19.9. The number of ether oxygens (including phenoxy) is 1. The highest BCUT2D eigenvalue weighted by Crippen LogP contribution is 2.30. The maximum absolute atomic E-state index is 13.6. The third kappa shape index (κ3) is 4.56. The summed E-state index contributed by atoms with van der Waals surface area (Å²) in [5, 5.41) is 4.15. The molecule has 1 atom stereocenters. The first kappa shape index (κ1) is 22.0. The first-order valence-electron chi connectivity index (χ1n) is 10.5. The number of nitrogens with zero attached hydrogens (tertiary/aromatic N) is 2. The van der Waals surface area contributed by atoms with Gasteiger partial charge >= 0.3 is 0 Å². The fourth-order valence-corrected chi connectivity index (χ4v) is 5.66. The van der Waals surface area contributed by atoms with Gasteiger partial charge in [0.05, 0.1) is 22.9 Å². The molecule has 31 heavy (non-hydrogen) atoms. The minimum atomic E-state index is -0.0825. The van der Waals surface area contributed by atoms with Crippen LogP contribution in [0.1, 0.15) is 34.4 Å². The Morgan fingerprint density at radius 1 is 1.32 bits per heavy atom. The molecular weight excluding hydrogens is 430 g/mol. The number of thiophene rings is 1. The van der Waals surface area contributed by atoms with E-state index < -0.39 is 0 Å². The van der Waals surface area contributed by atoms with Crippen molar-refractivity contribution in [2.24, 2.45) is 0 Å². The van der Waals surface area contributed by atoms with Crippen LogP contribution >= 0.6 is 23.1 Å². The Kier molecular flexibility index (Phi) is 6.50. The lowest BCUT2D eigenvalue weighted by Crippen LogP contribution is -2.33. The van der Waals surface area contributed by atoms with E-state index in [9.17, 15) is 9.59 Å². The molecule has 0 unspecified atom stereocenters. The minimum absolute atomic E-state index is 0.0807. The Morgan fingerprint density at radius 2 is 2.13 bits per heavy atom. The molecule has 3 heterocycles. The van der Waals surface area contributed by atoms with Crippen molar-refractivity contribution >= 4 is 39.2 Å². The third-order valence-electron chi connectivity index (χ3n) is 5.66. The molecule has 164 valence electrons. The lowest BCUT2D eigenvalue weighted by atomic mass is 10.1. The van der Waals surface area contributed by atoms with Crippen LogP contribution in [-0.2, 0) is 9.53 Å². The minimum Gasteiger partial charge on any atom is -0.376 e. The van der Waals surface area contributed by atoms with E-state index in [1.165, 1.54) is 23.1 Å². The van der Waals surface area contributed by atoms with Crippen LogP contribution in [0.3, 0.4) is 0 Å². The number of aryl methyl sites for hydroxylation is 4. The summed E-state index contributed by atoms with van der Waals surface area (Å²) < 4.78 is 7.24. The van der Waals surface area contributed by atoms with E-state index in [1.54, 1.807) is 4.57 Å². The summed E-state index contributed by atoms with van der Waals surface area (Å²) in [5.74, 6) is 0.111. The summed E-state index contributed by atoms with van der Waals surface area (Å²) in [6.07, 6.45) is 2.13. The van der Waals surface area contributed by atoms with Gasteiger partial charge in [-0.25, -0.2) is 4.98 Å². The fourth-order valence-electron chi connectivity index (χ4n) is 3.76. The zero-order chi connectivity index (χ0) is 22.1. The number of fused-ring (bicyclic) bond motifs is 1. The topological polar surface area (TPSA) is 73.2 Å². The van der Waals surface area contributed by atoms with Crippen molar-refractivity contribution in [2.45, 2.75) is 51.8 Å². The van der Waals surface area contributed by atoms with Gasteiger partial charge in [-0.3, -0.25) is 14.2 Å². The number of rotatable bonds is 6. The molecule has 4 rings (SSSR count). The van der Waals surface area contributed by atoms with Gasteiger partial charge in [0, 0.05) is 18.0 Å². The molecular formula is C23H27N3O3S2. The first-order chi connectivity index (χ1) is 14.8. The Balaban J connectivity index is 1.68. The smallest absolute Gasteiger partial charge is 0.267 e. The second-order valence-electron chi connectivity index (χ2n) is 8.02. The number of thioether (sulfide) groups is 1. The molecule has 0 spiro atoms. The van der Waals surface area contributed by atoms with E-state index in [4.69, 9.17) is 9.72 Å². The average molecular weight is 458 g/mol. The highest BCUT2D eigenvalue weighted by atomic mass is 32.2. The normalized spacial score (nSPS) is 16.2. The van der Waals surface area contributed by atoms with Crippen LogP contribution in [0.25, 0.3) is 15.9 Å². The molecule has 3 aromatic rings. The summed E-state index contributed by atoms with van der Waals surface area (Å²) in [6.45, 7) is 9.26. The Labute approximate surface area is 190 Å². The second-order valence-corrected chi connectivity index (χ2v) is 10.2. The van der Waals surface area contributed by atoms with Crippen molar-refractivity contribution in [3.8, 4) is 5.69 Å². The van der Waals surface area contributed by atoms with Crippen LogP contribution in [0, 0.1) is 27.7 Å². The molecule has 0 aliphatic carbocycles. The summed E-state index contributed by atoms with van der Waals surface area (Å²) in [6, 6.07) is 6.04. The van der Waals surface area contributed by atoms with Crippen molar-refractivity contribution < 1.29 is 9.53 Å². The standard InChI is InChI=1S/C23H27N3O3S2/c1-13-7-8-14(2)18(10-13)26-22(28)20-15(3)16(4)31-21(20)25-23(26)30-12-19(27)24-11-17-6-5-9-29-17/h7-8,10,17H,5-6,9,11-12H2,1-4H3,(H,24,27)/t17-/m0/s1. The van der Waals surface area contributed by atoms with Gasteiger partial charge in [-0.2, -0.15) is 0 Å². The molecule has 0 radical (unpaired) electrons. The number of aromatic nitrogens is 2. The Morgan fingerprint density at radius 3 is 2.87 bits per heavy atom. The van der Waals surface area contributed by atoms with E-state index in [2.05, 4.69) is 5.32 Å². The number of carbonyl (C=O) groups is 1. The molecule has 0 bridgehead atoms. The molecule has 1 saturated heterocycles. The average Bonchev–Trinajstić information content (AvgIpc) is 3.35. The van der Waals surface area contributed by atoms with Crippen molar-refractivity contribution in [1.82, 2.24) is 14.9 Å². The van der Waals surface area contributed by atoms with Crippen molar-refractivity contribution in [1.29, 1.82) is 0 Å². The largest absolute Gasteiger partial charge is 0.376 e. The second kappa shape index (κ2) is 9.14. The molecule has 1 aromatic carbocycles. The first-order valence-corrected chi connectivity index (χ1v) is 12.3. The van der Waals surface area contributed by atoms with Crippen LogP contribution in [0.2, 0.25) is 0 Å². The van der Waals surface area contributed by atoms with E-state index in [-0.39, 0.29) is 23.3 Å². The number of carbonyl (C=O) groups excluding carboxylic acids is 1. The monoisotopic (exact) mass is 457 g/mol. The molecule has 0 saturated carbocycles. The van der Waals surface area contributed by atoms with Gasteiger partial charge in [-0.15, -0.1) is 11.3 Å². The molecule has 1 fully saturated rings.